The second-order valence-corrected chi connectivity index (χ2v) is 9.48. The molecule has 1 N–H and O–H groups in total. The van der Waals surface area contributed by atoms with Gasteiger partial charge < -0.3 is 24.6 Å². The highest BCUT2D eigenvalue weighted by Crippen LogP contribution is 2.30. The monoisotopic (exact) mass is 496 g/mol. The van der Waals surface area contributed by atoms with Crippen molar-refractivity contribution in [2.24, 2.45) is 0 Å². The van der Waals surface area contributed by atoms with Gasteiger partial charge in [0.2, 0.25) is 0 Å². The van der Waals surface area contributed by atoms with Gasteiger partial charge in [-0.25, -0.2) is 4.98 Å². The van der Waals surface area contributed by atoms with Crippen LogP contribution in [0.15, 0.2) is 42.5 Å². The lowest BCUT2D eigenvalue weighted by Gasteiger charge is -2.36. The molecule has 3 aromatic rings. The Hall–Kier alpha value is -3.03. The zero-order valence-electron chi connectivity index (χ0n) is 20.8. The Labute approximate surface area is 212 Å². The fraction of sp³-hybridized carbons (Fsp3) is 0.407. The predicted octanol–water partition coefficient (Wildman–Crippen LogP) is 5.14. The van der Waals surface area contributed by atoms with Gasteiger partial charge in [-0.05, 0) is 82.7 Å². The van der Waals surface area contributed by atoms with Crippen LogP contribution in [0, 0.1) is 6.92 Å². The minimum absolute atomic E-state index is 0.148. The molecule has 0 bridgehead atoms. The molecule has 1 aromatic heterocycles. The lowest BCUT2D eigenvalue weighted by molar-refractivity contribution is -0.118. The molecule has 1 fully saturated rings. The summed E-state index contributed by atoms with van der Waals surface area (Å²) in [5, 5.41) is 4.32. The summed E-state index contributed by atoms with van der Waals surface area (Å²) in [6, 6.07) is 13.7. The van der Waals surface area contributed by atoms with E-state index in [2.05, 4.69) is 42.2 Å². The van der Waals surface area contributed by atoms with Gasteiger partial charge in [0.15, 0.2) is 6.61 Å². The van der Waals surface area contributed by atoms with E-state index in [1.54, 1.807) is 18.2 Å². The van der Waals surface area contributed by atoms with Crippen LogP contribution in [0.5, 0.6) is 11.5 Å². The number of hydrogen-bond acceptors (Lipinski definition) is 6. The molecule has 0 aliphatic carbocycles. The second-order valence-electron chi connectivity index (χ2n) is 9.07. The summed E-state index contributed by atoms with van der Waals surface area (Å²) < 4.78 is 11.0. The smallest absolute Gasteiger partial charge is 0.262 e. The molecule has 1 aliphatic heterocycles. The first-order chi connectivity index (χ1) is 16.8. The first-order valence-corrected chi connectivity index (χ1v) is 12.4. The molecular weight excluding hydrogens is 464 g/mol. The maximum absolute atomic E-state index is 12.5. The molecule has 0 atom stereocenters. The number of aromatic nitrogens is 1. The molecule has 0 radical (unpaired) electrons. The standard InChI is InChI=1S/C27H33ClN4O3/c1-5-34-21-7-9-25(23(28)16-21)35-17-27(33)29-19-6-8-24-22(15-19)18(2)14-26(30-24)32-12-10-20(11-13-32)31(3)4/h6-9,14-16,20H,5,10-13,17H2,1-4H3,(H,29,33). The molecule has 0 saturated carbocycles. The average molecular weight is 497 g/mol. The van der Waals surface area contributed by atoms with Gasteiger partial charge in [0.05, 0.1) is 17.1 Å². The van der Waals surface area contributed by atoms with Gasteiger partial charge in [-0.1, -0.05) is 11.6 Å². The summed E-state index contributed by atoms with van der Waals surface area (Å²) in [7, 11) is 4.30. The van der Waals surface area contributed by atoms with E-state index >= 15 is 0 Å². The number of amides is 1. The van der Waals surface area contributed by atoms with Gasteiger partial charge in [-0.15, -0.1) is 0 Å². The Morgan fingerprint density at radius 3 is 2.60 bits per heavy atom. The number of halogens is 1. The van der Waals surface area contributed by atoms with Crippen LogP contribution < -0.4 is 19.7 Å². The number of aryl methyl sites for hydroxylation is 1. The summed E-state index contributed by atoms with van der Waals surface area (Å²) >= 11 is 6.23. The van der Waals surface area contributed by atoms with E-state index in [1.807, 2.05) is 25.1 Å². The Morgan fingerprint density at radius 2 is 1.91 bits per heavy atom. The normalized spacial score (nSPS) is 14.4. The zero-order chi connectivity index (χ0) is 24.9. The van der Waals surface area contributed by atoms with Gasteiger partial charge >= 0.3 is 0 Å². The predicted molar refractivity (Wildman–Crippen MR) is 142 cm³/mol. The lowest BCUT2D eigenvalue weighted by atomic mass is 10.0. The van der Waals surface area contributed by atoms with Crippen molar-refractivity contribution in [3.8, 4) is 11.5 Å². The van der Waals surface area contributed by atoms with Crippen LogP contribution in [0.25, 0.3) is 10.9 Å². The number of carbonyl (C=O) groups is 1. The number of nitrogens with zero attached hydrogens (tertiary/aromatic N) is 3. The van der Waals surface area contributed by atoms with Crippen molar-refractivity contribution in [2.45, 2.75) is 32.7 Å². The molecular formula is C27H33ClN4O3. The van der Waals surface area contributed by atoms with Crippen molar-refractivity contribution in [1.29, 1.82) is 0 Å². The quantitative estimate of drug-likeness (QED) is 0.465. The van der Waals surface area contributed by atoms with Crippen LogP contribution >= 0.6 is 11.6 Å². The van der Waals surface area contributed by atoms with Gasteiger partial charge in [0.1, 0.15) is 17.3 Å². The fourth-order valence-corrected chi connectivity index (χ4v) is 4.65. The molecule has 0 spiro atoms. The van der Waals surface area contributed by atoms with Crippen LogP contribution in [0.2, 0.25) is 5.02 Å². The van der Waals surface area contributed by atoms with Crippen molar-refractivity contribution in [3.05, 3.63) is 53.1 Å². The summed E-state index contributed by atoms with van der Waals surface area (Å²) in [6.07, 6.45) is 2.28. The summed E-state index contributed by atoms with van der Waals surface area (Å²) in [5.41, 5.74) is 2.76. The average Bonchev–Trinajstić information content (AvgIpc) is 2.84. The van der Waals surface area contributed by atoms with Crippen molar-refractivity contribution in [1.82, 2.24) is 9.88 Å². The number of rotatable bonds is 8. The largest absolute Gasteiger partial charge is 0.494 e. The molecule has 186 valence electrons. The number of nitrogens with one attached hydrogen (secondary N) is 1. The van der Waals surface area contributed by atoms with E-state index in [1.165, 1.54) is 0 Å². The van der Waals surface area contributed by atoms with E-state index in [-0.39, 0.29) is 12.5 Å². The number of carbonyl (C=O) groups excluding carboxylic acids is 1. The molecule has 35 heavy (non-hydrogen) atoms. The maximum atomic E-state index is 12.5. The third-order valence-corrected chi connectivity index (χ3v) is 6.67. The third kappa shape index (κ3) is 6.16. The number of piperidine rings is 1. The zero-order valence-corrected chi connectivity index (χ0v) is 21.6. The van der Waals surface area contributed by atoms with Crippen LogP contribution in [-0.4, -0.2) is 62.2 Å². The number of anilines is 2. The first kappa shape index (κ1) is 25.1. The van der Waals surface area contributed by atoms with Crippen molar-refractivity contribution < 1.29 is 14.3 Å². The van der Waals surface area contributed by atoms with E-state index < -0.39 is 0 Å². The second kappa shape index (κ2) is 11.1. The minimum Gasteiger partial charge on any atom is -0.494 e. The summed E-state index contributed by atoms with van der Waals surface area (Å²) in [5.74, 6) is 1.85. The molecule has 1 amide bonds. The molecule has 4 rings (SSSR count). The minimum atomic E-state index is -0.264. The Bertz CT molecular complexity index is 1190. The molecule has 8 heteroatoms. The Morgan fingerprint density at radius 1 is 1.14 bits per heavy atom. The number of fused-ring (bicyclic) bond motifs is 1. The van der Waals surface area contributed by atoms with Crippen LogP contribution in [0.1, 0.15) is 25.3 Å². The highest BCUT2D eigenvalue weighted by molar-refractivity contribution is 6.32. The van der Waals surface area contributed by atoms with E-state index in [9.17, 15) is 4.79 Å². The molecule has 1 saturated heterocycles. The molecule has 0 unspecified atom stereocenters. The molecule has 1 aliphatic rings. The third-order valence-electron chi connectivity index (χ3n) is 6.38. The first-order valence-electron chi connectivity index (χ1n) is 12.0. The van der Waals surface area contributed by atoms with Crippen LogP contribution in [0.3, 0.4) is 0 Å². The summed E-state index contributed by atoms with van der Waals surface area (Å²) in [6.45, 7) is 6.41. The highest BCUT2D eigenvalue weighted by Gasteiger charge is 2.22. The number of ether oxygens (including phenoxy) is 2. The number of pyridine rings is 1. The number of benzene rings is 2. The number of hydrogen-bond donors (Lipinski definition) is 1. The lowest BCUT2D eigenvalue weighted by Crippen LogP contribution is -2.42. The maximum Gasteiger partial charge on any atom is 0.262 e. The van der Waals surface area contributed by atoms with Gasteiger partial charge in [0.25, 0.3) is 5.91 Å². The summed E-state index contributed by atoms with van der Waals surface area (Å²) in [4.78, 5) is 22.1. The van der Waals surface area contributed by atoms with Crippen molar-refractivity contribution in [2.75, 3.05) is 50.6 Å². The Kier molecular flexibility index (Phi) is 7.98. The fourth-order valence-electron chi connectivity index (χ4n) is 4.42. The van der Waals surface area contributed by atoms with Crippen molar-refractivity contribution in [3.63, 3.8) is 0 Å². The van der Waals surface area contributed by atoms with Gasteiger partial charge in [-0.2, -0.15) is 0 Å². The molecule has 7 nitrogen and oxygen atoms in total. The van der Waals surface area contributed by atoms with E-state index in [0.29, 0.717) is 34.9 Å². The Balaban J connectivity index is 1.39. The van der Waals surface area contributed by atoms with Gasteiger partial charge in [0, 0.05) is 36.3 Å². The van der Waals surface area contributed by atoms with E-state index in [0.717, 1.165) is 48.2 Å². The van der Waals surface area contributed by atoms with Crippen molar-refractivity contribution >= 4 is 39.9 Å². The van der Waals surface area contributed by atoms with Crippen LogP contribution in [-0.2, 0) is 4.79 Å². The van der Waals surface area contributed by atoms with Crippen LogP contribution in [0.4, 0.5) is 11.5 Å². The van der Waals surface area contributed by atoms with Gasteiger partial charge in [-0.3, -0.25) is 4.79 Å². The topological polar surface area (TPSA) is 66.9 Å². The molecule has 2 heterocycles. The highest BCUT2D eigenvalue weighted by atomic mass is 35.5. The van der Waals surface area contributed by atoms with E-state index in [4.69, 9.17) is 26.1 Å². The molecule has 2 aromatic carbocycles. The SMILES string of the molecule is CCOc1ccc(OCC(=O)Nc2ccc3nc(N4CCC(N(C)C)CC4)cc(C)c3c2)c(Cl)c1.